The molecule has 0 aromatic heterocycles. The third kappa shape index (κ3) is 8.25. The highest BCUT2D eigenvalue weighted by Crippen LogP contribution is 2.21. The molecule has 1 atom stereocenters. The quantitative estimate of drug-likeness (QED) is 0.291. The summed E-state index contributed by atoms with van der Waals surface area (Å²) in [5, 5.41) is 6.51. The van der Waals surface area contributed by atoms with Gasteiger partial charge in [-0.1, -0.05) is 19.1 Å². The van der Waals surface area contributed by atoms with Crippen molar-refractivity contribution in [3.8, 4) is 5.75 Å². The molecule has 148 valence electrons. The van der Waals surface area contributed by atoms with Gasteiger partial charge in [-0.2, -0.15) is 0 Å². The Balaban J connectivity index is 0.00000625. The second kappa shape index (κ2) is 12.0. The molecule has 0 aliphatic heterocycles. The molecule has 0 aliphatic carbocycles. The van der Waals surface area contributed by atoms with Crippen LogP contribution in [-0.2, 0) is 4.79 Å². The molecule has 0 aliphatic rings. The minimum absolute atomic E-state index is 0. The summed E-state index contributed by atoms with van der Waals surface area (Å²) in [5.74, 6) is 1.65. The SMILES string of the molecule is CCNC(=NCC(C)(C)C(N)=O)NCCC(C)c1ccc(OC)cc1.I. The summed E-state index contributed by atoms with van der Waals surface area (Å²) in [7, 11) is 1.67. The fourth-order valence-electron chi connectivity index (χ4n) is 2.20. The van der Waals surface area contributed by atoms with Crippen LogP contribution in [0.5, 0.6) is 5.75 Å². The van der Waals surface area contributed by atoms with Crippen molar-refractivity contribution in [1.82, 2.24) is 10.6 Å². The molecule has 0 bridgehead atoms. The minimum Gasteiger partial charge on any atom is -0.497 e. The highest BCUT2D eigenvalue weighted by Gasteiger charge is 2.24. The minimum atomic E-state index is -0.654. The van der Waals surface area contributed by atoms with Crippen molar-refractivity contribution >= 4 is 35.8 Å². The predicted octanol–water partition coefficient (Wildman–Crippen LogP) is 2.87. The molecule has 1 rings (SSSR count). The summed E-state index contributed by atoms with van der Waals surface area (Å²) in [5.41, 5.74) is 6.02. The Labute approximate surface area is 174 Å². The Morgan fingerprint density at radius 1 is 1.27 bits per heavy atom. The number of nitrogens with two attached hydrogens (primary N) is 1. The van der Waals surface area contributed by atoms with Crippen molar-refractivity contribution in [2.45, 2.75) is 40.0 Å². The lowest BCUT2D eigenvalue weighted by Gasteiger charge is -2.19. The van der Waals surface area contributed by atoms with Gasteiger partial charge < -0.3 is 21.1 Å². The number of rotatable bonds is 9. The summed E-state index contributed by atoms with van der Waals surface area (Å²) in [4.78, 5) is 15.9. The number of primary amides is 1. The summed E-state index contributed by atoms with van der Waals surface area (Å²) in [6, 6.07) is 8.16. The highest BCUT2D eigenvalue weighted by atomic mass is 127. The standard InChI is InChI=1S/C19H32N4O2.HI/c1-6-21-18(23-13-19(3,4)17(20)24)22-12-11-14(2)15-7-9-16(25-5)10-8-15;/h7-10,14H,6,11-13H2,1-5H3,(H2,20,24)(H2,21,22,23);1H. The topological polar surface area (TPSA) is 88.7 Å². The summed E-state index contributed by atoms with van der Waals surface area (Å²) in [6.07, 6.45) is 0.968. The normalized spacial score (nSPS) is 12.7. The second-order valence-electron chi connectivity index (χ2n) is 6.83. The Morgan fingerprint density at radius 3 is 2.38 bits per heavy atom. The fraction of sp³-hybridized carbons (Fsp3) is 0.579. The number of hydrogen-bond acceptors (Lipinski definition) is 3. The molecule has 0 radical (unpaired) electrons. The van der Waals surface area contributed by atoms with Crippen molar-refractivity contribution in [3.63, 3.8) is 0 Å². The first-order chi connectivity index (χ1) is 11.8. The van der Waals surface area contributed by atoms with Crippen molar-refractivity contribution in [3.05, 3.63) is 29.8 Å². The largest absolute Gasteiger partial charge is 0.497 e. The van der Waals surface area contributed by atoms with E-state index in [0.29, 0.717) is 18.4 Å². The number of nitrogens with one attached hydrogen (secondary N) is 2. The van der Waals surface area contributed by atoms with Gasteiger partial charge in [-0.15, -0.1) is 24.0 Å². The molecule has 1 aromatic rings. The number of halogens is 1. The second-order valence-corrected chi connectivity index (χ2v) is 6.83. The Hall–Kier alpha value is -1.51. The Bertz CT molecular complexity index is 573. The average Bonchev–Trinajstić information content (AvgIpc) is 2.59. The molecule has 7 heteroatoms. The van der Waals surface area contributed by atoms with Gasteiger partial charge in [0.2, 0.25) is 5.91 Å². The van der Waals surface area contributed by atoms with Crippen molar-refractivity contribution in [1.29, 1.82) is 0 Å². The van der Waals surface area contributed by atoms with Crippen molar-refractivity contribution < 1.29 is 9.53 Å². The maximum atomic E-state index is 11.4. The smallest absolute Gasteiger partial charge is 0.224 e. The number of carbonyl (C=O) groups is 1. The van der Waals surface area contributed by atoms with E-state index < -0.39 is 5.41 Å². The van der Waals surface area contributed by atoms with E-state index in [1.54, 1.807) is 21.0 Å². The van der Waals surface area contributed by atoms with Crippen LogP contribution in [-0.4, -0.2) is 38.6 Å². The molecule has 0 heterocycles. The van der Waals surface area contributed by atoms with E-state index in [9.17, 15) is 4.79 Å². The lowest BCUT2D eigenvalue weighted by molar-refractivity contribution is -0.125. The van der Waals surface area contributed by atoms with E-state index in [4.69, 9.17) is 10.5 Å². The van der Waals surface area contributed by atoms with Crippen LogP contribution < -0.4 is 21.1 Å². The van der Waals surface area contributed by atoms with E-state index in [1.165, 1.54) is 5.56 Å². The maximum absolute atomic E-state index is 11.4. The molecule has 1 amide bonds. The van der Waals surface area contributed by atoms with Gasteiger partial charge in [-0.05, 0) is 50.8 Å². The molecule has 4 N–H and O–H groups in total. The molecule has 26 heavy (non-hydrogen) atoms. The molecule has 1 aromatic carbocycles. The van der Waals surface area contributed by atoms with E-state index in [1.807, 2.05) is 19.1 Å². The molecular formula is C19H33IN4O2. The van der Waals surface area contributed by atoms with Crippen LogP contribution >= 0.6 is 24.0 Å². The van der Waals surface area contributed by atoms with Gasteiger partial charge in [0.05, 0.1) is 19.1 Å². The third-order valence-corrected chi connectivity index (χ3v) is 4.20. The fourth-order valence-corrected chi connectivity index (χ4v) is 2.20. The van der Waals surface area contributed by atoms with Crippen LogP contribution in [0.3, 0.4) is 0 Å². The zero-order chi connectivity index (χ0) is 18.9. The van der Waals surface area contributed by atoms with Gasteiger partial charge in [0.25, 0.3) is 0 Å². The monoisotopic (exact) mass is 476 g/mol. The van der Waals surface area contributed by atoms with Gasteiger partial charge in [0.1, 0.15) is 5.75 Å². The molecular weight excluding hydrogens is 443 g/mol. The van der Waals surface area contributed by atoms with Gasteiger partial charge >= 0.3 is 0 Å². The summed E-state index contributed by atoms with van der Waals surface area (Å²) < 4.78 is 5.19. The number of nitrogens with zero attached hydrogens (tertiary/aromatic N) is 1. The lowest BCUT2D eigenvalue weighted by Crippen LogP contribution is -2.40. The molecule has 1 unspecified atom stereocenters. The number of methoxy groups -OCH3 is 1. The number of amides is 1. The number of ether oxygens (including phenoxy) is 1. The summed E-state index contributed by atoms with van der Waals surface area (Å²) in [6.45, 7) is 9.71. The first-order valence-electron chi connectivity index (χ1n) is 8.76. The van der Waals surface area contributed by atoms with Crippen LogP contribution in [0.1, 0.15) is 45.6 Å². The third-order valence-electron chi connectivity index (χ3n) is 4.20. The van der Waals surface area contributed by atoms with Crippen molar-refractivity contribution in [2.75, 3.05) is 26.7 Å². The van der Waals surface area contributed by atoms with E-state index in [2.05, 4.69) is 34.7 Å². The van der Waals surface area contributed by atoms with Gasteiger partial charge in [-0.3, -0.25) is 9.79 Å². The number of carbonyl (C=O) groups excluding carboxylic acids is 1. The van der Waals surface area contributed by atoms with Crippen molar-refractivity contribution in [2.24, 2.45) is 16.1 Å². The predicted molar refractivity (Wildman–Crippen MR) is 118 cm³/mol. The molecule has 0 saturated carbocycles. The zero-order valence-electron chi connectivity index (χ0n) is 16.5. The highest BCUT2D eigenvalue weighted by molar-refractivity contribution is 14.0. The van der Waals surface area contributed by atoms with Gasteiger partial charge in [0.15, 0.2) is 5.96 Å². The first kappa shape index (κ1) is 24.5. The molecule has 6 nitrogen and oxygen atoms in total. The maximum Gasteiger partial charge on any atom is 0.224 e. The van der Waals surface area contributed by atoms with Crippen LogP contribution in [0.25, 0.3) is 0 Å². The molecule has 0 fully saturated rings. The Morgan fingerprint density at radius 2 is 1.88 bits per heavy atom. The Kier molecular flexibility index (Phi) is 11.3. The molecule has 0 spiro atoms. The van der Waals surface area contributed by atoms with E-state index >= 15 is 0 Å². The lowest BCUT2D eigenvalue weighted by atomic mass is 9.93. The number of aliphatic imine (C=N–C) groups is 1. The van der Waals surface area contributed by atoms with Crippen LogP contribution in [0.4, 0.5) is 0 Å². The molecule has 0 saturated heterocycles. The summed E-state index contributed by atoms with van der Waals surface area (Å²) >= 11 is 0. The van der Waals surface area contributed by atoms with Gasteiger partial charge in [-0.25, -0.2) is 0 Å². The number of guanidine groups is 1. The van der Waals surface area contributed by atoms with E-state index in [0.717, 1.165) is 25.3 Å². The first-order valence-corrected chi connectivity index (χ1v) is 8.76. The average molecular weight is 476 g/mol. The van der Waals surface area contributed by atoms with Gasteiger partial charge in [0, 0.05) is 13.1 Å². The number of benzene rings is 1. The van der Waals surface area contributed by atoms with Crippen LogP contribution in [0.2, 0.25) is 0 Å². The van der Waals surface area contributed by atoms with Crippen LogP contribution in [0.15, 0.2) is 29.3 Å². The number of hydrogen-bond donors (Lipinski definition) is 3. The van der Waals surface area contributed by atoms with E-state index in [-0.39, 0.29) is 29.9 Å². The van der Waals surface area contributed by atoms with Crippen LogP contribution in [0, 0.1) is 5.41 Å². The zero-order valence-corrected chi connectivity index (χ0v) is 18.8.